The maximum atomic E-state index is 12.0. The summed E-state index contributed by atoms with van der Waals surface area (Å²) in [4.78, 5) is 12.0. The normalized spacial score (nSPS) is 16.9. The lowest BCUT2D eigenvalue weighted by atomic mass is 9.95. The fourth-order valence-electron chi connectivity index (χ4n) is 1.90. The molecule has 1 aliphatic rings. The average molecular weight is 283 g/mol. The fourth-order valence-corrected chi connectivity index (χ4v) is 2.16. The highest BCUT2D eigenvalue weighted by atomic mass is 79.9. The number of halogens is 1. The molecule has 0 atom stereocenters. The van der Waals surface area contributed by atoms with Crippen molar-refractivity contribution in [3.8, 4) is 0 Å². The average Bonchev–Trinajstić information content (AvgIpc) is 3.08. The molecule has 1 fully saturated rings. The topological polar surface area (TPSA) is 55.1 Å². The van der Waals surface area contributed by atoms with Gasteiger partial charge in [0.1, 0.15) is 0 Å². The summed E-state index contributed by atoms with van der Waals surface area (Å²) in [7, 11) is 0. The maximum Gasteiger partial charge on any atom is 0.230 e. The van der Waals surface area contributed by atoms with Crippen molar-refractivity contribution in [2.24, 2.45) is 5.73 Å². The molecule has 2 rings (SSSR count). The van der Waals surface area contributed by atoms with Crippen molar-refractivity contribution in [3.05, 3.63) is 34.3 Å². The molecule has 1 aromatic rings. The largest absolute Gasteiger partial charge is 0.354 e. The van der Waals surface area contributed by atoms with E-state index in [-0.39, 0.29) is 11.3 Å². The van der Waals surface area contributed by atoms with E-state index < -0.39 is 0 Å². The predicted molar refractivity (Wildman–Crippen MR) is 67.1 cm³/mol. The Balaban J connectivity index is 2.13. The molecule has 1 saturated carbocycles. The third kappa shape index (κ3) is 2.13. The van der Waals surface area contributed by atoms with Gasteiger partial charge in [0, 0.05) is 17.6 Å². The molecule has 3 N–H and O–H groups in total. The van der Waals surface area contributed by atoms with Crippen molar-refractivity contribution >= 4 is 21.8 Å². The van der Waals surface area contributed by atoms with Gasteiger partial charge in [-0.1, -0.05) is 28.1 Å². The monoisotopic (exact) mass is 282 g/mol. The number of carbonyl (C=O) groups is 1. The quantitative estimate of drug-likeness (QED) is 0.881. The van der Waals surface area contributed by atoms with E-state index in [0.29, 0.717) is 13.1 Å². The number of nitrogens with two attached hydrogens (primary N) is 1. The number of nitrogens with one attached hydrogen (secondary N) is 1. The van der Waals surface area contributed by atoms with Gasteiger partial charge in [-0.25, -0.2) is 0 Å². The number of rotatable bonds is 4. The molecule has 1 amide bonds. The van der Waals surface area contributed by atoms with Gasteiger partial charge in [0.2, 0.25) is 5.91 Å². The molecule has 3 nitrogen and oxygen atoms in total. The third-order valence-electron chi connectivity index (χ3n) is 3.01. The number of amides is 1. The second kappa shape index (κ2) is 4.55. The van der Waals surface area contributed by atoms with Crippen LogP contribution in [0, 0.1) is 0 Å². The molecule has 0 aromatic heterocycles. The van der Waals surface area contributed by atoms with E-state index in [1.165, 1.54) is 0 Å². The zero-order chi connectivity index (χ0) is 11.6. The van der Waals surface area contributed by atoms with Gasteiger partial charge in [-0.05, 0) is 30.5 Å². The van der Waals surface area contributed by atoms with Crippen LogP contribution in [0.3, 0.4) is 0 Å². The molecule has 0 unspecified atom stereocenters. The smallest absolute Gasteiger partial charge is 0.230 e. The molecular weight excluding hydrogens is 268 g/mol. The van der Waals surface area contributed by atoms with Crippen molar-refractivity contribution in [3.63, 3.8) is 0 Å². The van der Waals surface area contributed by atoms with Crippen molar-refractivity contribution in [2.75, 3.05) is 13.1 Å². The van der Waals surface area contributed by atoms with Gasteiger partial charge in [0.15, 0.2) is 0 Å². The first-order valence-corrected chi connectivity index (χ1v) is 6.23. The van der Waals surface area contributed by atoms with Crippen molar-refractivity contribution in [1.82, 2.24) is 5.32 Å². The van der Waals surface area contributed by atoms with Crippen LogP contribution in [0.4, 0.5) is 0 Å². The Bertz CT molecular complexity index is 385. The molecule has 0 heterocycles. The fraction of sp³-hybridized carbons (Fsp3) is 0.417. The minimum Gasteiger partial charge on any atom is -0.354 e. The van der Waals surface area contributed by atoms with E-state index in [0.717, 1.165) is 22.9 Å². The summed E-state index contributed by atoms with van der Waals surface area (Å²) in [5.74, 6) is 0.111. The highest BCUT2D eigenvalue weighted by molar-refractivity contribution is 9.10. The minimum atomic E-state index is -0.282. The van der Waals surface area contributed by atoms with E-state index in [4.69, 9.17) is 5.73 Å². The molecule has 16 heavy (non-hydrogen) atoms. The summed E-state index contributed by atoms with van der Waals surface area (Å²) in [6.07, 6.45) is 1.87. The van der Waals surface area contributed by atoms with Crippen LogP contribution < -0.4 is 11.1 Å². The zero-order valence-corrected chi connectivity index (χ0v) is 10.6. The van der Waals surface area contributed by atoms with Gasteiger partial charge in [-0.15, -0.1) is 0 Å². The molecule has 1 aromatic carbocycles. The molecule has 1 aliphatic carbocycles. The highest BCUT2D eigenvalue weighted by Gasteiger charge is 2.50. The lowest BCUT2D eigenvalue weighted by Crippen LogP contribution is -2.37. The zero-order valence-electron chi connectivity index (χ0n) is 9.00. The molecule has 86 valence electrons. The summed E-state index contributed by atoms with van der Waals surface area (Å²) in [5.41, 5.74) is 6.20. The summed E-state index contributed by atoms with van der Waals surface area (Å²) >= 11 is 3.39. The van der Waals surface area contributed by atoms with Crippen LogP contribution in [0.5, 0.6) is 0 Å². The van der Waals surface area contributed by atoms with Crippen molar-refractivity contribution in [1.29, 1.82) is 0 Å². The Morgan fingerprint density at radius 1 is 1.38 bits per heavy atom. The molecule has 0 aliphatic heterocycles. The van der Waals surface area contributed by atoms with E-state index in [1.807, 2.05) is 24.3 Å². The van der Waals surface area contributed by atoms with Gasteiger partial charge in [-0.3, -0.25) is 4.79 Å². The van der Waals surface area contributed by atoms with Crippen molar-refractivity contribution in [2.45, 2.75) is 18.3 Å². The number of benzene rings is 1. The summed E-state index contributed by atoms with van der Waals surface area (Å²) < 4.78 is 1.04. The highest BCUT2D eigenvalue weighted by Crippen LogP contribution is 2.48. The lowest BCUT2D eigenvalue weighted by Gasteiger charge is -2.15. The predicted octanol–water partition coefficient (Wildman–Crippen LogP) is 1.56. The number of carbonyl (C=O) groups excluding carboxylic acids is 1. The van der Waals surface area contributed by atoms with Crippen LogP contribution in [0.2, 0.25) is 0 Å². The summed E-state index contributed by atoms with van der Waals surface area (Å²) in [6, 6.07) is 7.98. The maximum absolute atomic E-state index is 12.0. The first-order valence-electron chi connectivity index (χ1n) is 5.43. The van der Waals surface area contributed by atoms with Gasteiger partial charge in [0.05, 0.1) is 5.41 Å². The van der Waals surface area contributed by atoms with Crippen LogP contribution in [-0.2, 0) is 10.2 Å². The first kappa shape index (κ1) is 11.6. The van der Waals surface area contributed by atoms with Gasteiger partial charge in [-0.2, -0.15) is 0 Å². The molecule has 0 spiro atoms. The van der Waals surface area contributed by atoms with Crippen LogP contribution in [-0.4, -0.2) is 19.0 Å². The Kier molecular flexibility index (Phi) is 3.30. The standard InChI is InChI=1S/C12H15BrN2O/c13-10-3-1-9(2-4-10)12(5-6-12)11(16)15-8-7-14/h1-4H,5-8,14H2,(H,15,16). The molecular formula is C12H15BrN2O. The second-order valence-electron chi connectivity index (χ2n) is 4.13. The Labute approximate surface area is 104 Å². The molecule has 0 saturated heterocycles. The lowest BCUT2D eigenvalue weighted by molar-refractivity contribution is -0.123. The molecule has 0 bridgehead atoms. The van der Waals surface area contributed by atoms with E-state index in [1.54, 1.807) is 0 Å². The van der Waals surface area contributed by atoms with Gasteiger partial charge in [0.25, 0.3) is 0 Å². The van der Waals surface area contributed by atoms with Gasteiger partial charge >= 0.3 is 0 Å². The molecule has 0 radical (unpaired) electrons. The van der Waals surface area contributed by atoms with Crippen molar-refractivity contribution < 1.29 is 4.79 Å². The van der Waals surface area contributed by atoms with E-state index in [9.17, 15) is 4.79 Å². The Morgan fingerprint density at radius 2 is 2.00 bits per heavy atom. The van der Waals surface area contributed by atoms with E-state index in [2.05, 4.69) is 21.2 Å². The van der Waals surface area contributed by atoms with Gasteiger partial charge < -0.3 is 11.1 Å². The summed E-state index contributed by atoms with van der Waals surface area (Å²) in [6.45, 7) is 1.04. The minimum absolute atomic E-state index is 0.111. The van der Waals surface area contributed by atoms with E-state index >= 15 is 0 Å². The third-order valence-corrected chi connectivity index (χ3v) is 3.54. The first-order chi connectivity index (χ1) is 7.69. The SMILES string of the molecule is NCCNC(=O)C1(c2ccc(Br)cc2)CC1. The second-order valence-corrected chi connectivity index (χ2v) is 5.05. The van der Waals surface area contributed by atoms with Crippen LogP contribution in [0.1, 0.15) is 18.4 Å². The number of hydrogen-bond acceptors (Lipinski definition) is 2. The van der Waals surface area contributed by atoms with Crippen LogP contribution in [0.15, 0.2) is 28.7 Å². The van der Waals surface area contributed by atoms with Crippen LogP contribution >= 0.6 is 15.9 Å². The molecule has 4 heteroatoms. The Hall–Kier alpha value is -0.870. The summed E-state index contributed by atoms with van der Waals surface area (Å²) in [5, 5.41) is 2.87. The van der Waals surface area contributed by atoms with Crippen LogP contribution in [0.25, 0.3) is 0 Å². The number of hydrogen-bond donors (Lipinski definition) is 2. The Morgan fingerprint density at radius 3 is 2.50 bits per heavy atom.